The lowest BCUT2D eigenvalue weighted by molar-refractivity contribution is -0.121. The van der Waals surface area contributed by atoms with Crippen LogP contribution in [-0.2, 0) is 4.79 Å². The molecule has 1 heterocycles. The Balaban J connectivity index is 1.94. The van der Waals surface area contributed by atoms with Crippen LogP contribution in [0, 0.1) is 0 Å². The third-order valence-electron chi connectivity index (χ3n) is 4.00. The van der Waals surface area contributed by atoms with Gasteiger partial charge in [-0.15, -0.1) is 11.8 Å². The Bertz CT molecular complexity index is 925. The molecule has 140 valence electrons. The number of hydrogen-bond acceptors (Lipinski definition) is 6. The maximum Gasteiger partial charge on any atom is 0.266 e. The summed E-state index contributed by atoms with van der Waals surface area (Å²) in [5.41, 5.74) is 1.61. The Morgan fingerprint density at radius 3 is 2.63 bits per heavy atom. The number of ether oxygens (including phenoxy) is 2. The molecule has 0 aromatic heterocycles. The Hall–Kier alpha value is -2.38. The van der Waals surface area contributed by atoms with Crippen molar-refractivity contribution < 1.29 is 14.3 Å². The summed E-state index contributed by atoms with van der Waals surface area (Å²) in [7, 11) is 4.91. The van der Waals surface area contributed by atoms with Crippen molar-refractivity contribution in [2.45, 2.75) is 4.90 Å². The zero-order valence-electron chi connectivity index (χ0n) is 15.6. The lowest BCUT2D eigenvalue weighted by Crippen LogP contribution is -2.23. The molecule has 0 saturated carbocycles. The van der Waals surface area contributed by atoms with Crippen molar-refractivity contribution >= 4 is 46.4 Å². The van der Waals surface area contributed by atoms with E-state index in [9.17, 15) is 4.79 Å². The summed E-state index contributed by atoms with van der Waals surface area (Å²) in [5, 5.41) is 0.645. The molecule has 2 aromatic carbocycles. The van der Waals surface area contributed by atoms with Gasteiger partial charge in [0.15, 0.2) is 16.7 Å². The van der Waals surface area contributed by atoms with E-state index in [1.807, 2.05) is 54.8 Å². The van der Waals surface area contributed by atoms with E-state index in [-0.39, 0.29) is 5.91 Å². The number of nitrogens with zero attached hydrogens (tertiary/aromatic N) is 2. The predicted octanol–water partition coefficient (Wildman–Crippen LogP) is 4.66. The molecule has 3 rings (SSSR count). The normalized spacial score (nSPS) is 17.0. The van der Waals surface area contributed by atoms with Crippen LogP contribution >= 0.6 is 23.5 Å². The molecule has 1 amide bonds. The minimum Gasteiger partial charge on any atom is -0.493 e. The van der Waals surface area contributed by atoms with Crippen LogP contribution in [0.5, 0.6) is 11.5 Å². The van der Waals surface area contributed by atoms with Gasteiger partial charge in [-0.2, -0.15) is 0 Å². The van der Waals surface area contributed by atoms with Gasteiger partial charge < -0.3 is 9.47 Å². The van der Waals surface area contributed by atoms with Crippen molar-refractivity contribution in [1.82, 2.24) is 4.90 Å². The van der Waals surface area contributed by atoms with Crippen molar-refractivity contribution in [3.8, 4) is 11.5 Å². The fourth-order valence-electron chi connectivity index (χ4n) is 2.61. The van der Waals surface area contributed by atoms with Gasteiger partial charge in [-0.3, -0.25) is 9.69 Å². The molecule has 7 heteroatoms. The Morgan fingerprint density at radius 2 is 1.93 bits per heavy atom. The summed E-state index contributed by atoms with van der Waals surface area (Å²) in [5.74, 6) is 1.13. The van der Waals surface area contributed by atoms with Crippen LogP contribution in [0.2, 0.25) is 0 Å². The highest BCUT2D eigenvalue weighted by molar-refractivity contribution is 8.18. The van der Waals surface area contributed by atoms with E-state index in [2.05, 4.69) is 4.99 Å². The molecule has 1 fully saturated rings. The summed E-state index contributed by atoms with van der Waals surface area (Å²) < 4.78 is 10.8. The van der Waals surface area contributed by atoms with Crippen molar-refractivity contribution in [2.24, 2.45) is 4.99 Å². The van der Waals surface area contributed by atoms with Crippen LogP contribution < -0.4 is 9.47 Å². The summed E-state index contributed by atoms with van der Waals surface area (Å²) in [4.78, 5) is 20.6. The van der Waals surface area contributed by atoms with Gasteiger partial charge >= 0.3 is 0 Å². The number of benzene rings is 2. The van der Waals surface area contributed by atoms with E-state index >= 15 is 0 Å². The molecule has 0 bridgehead atoms. The van der Waals surface area contributed by atoms with Crippen LogP contribution in [0.4, 0.5) is 5.69 Å². The first-order valence-corrected chi connectivity index (χ1v) is 10.2. The van der Waals surface area contributed by atoms with Gasteiger partial charge in [0.25, 0.3) is 5.91 Å². The second-order valence-electron chi connectivity index (χ2n) is 5.65. The van der Waals surface area contributed by atoms with Crippen molar-refractivity contribution in [3.63, 3.8) is 0 Å². The first-order valence-electron chi connectivity index (χ1n) is 8.18. The van der Waals surface area contributed by atoms with E-state index in [0.29, 0.717) is 21.6 Å². The fourth-order valence-corrected chi connectivity index (χ4v) is 4.04. The molecule has 0 unspecified atom stereocenters. The summed E-state index contributed by atoms with van der Waals surface area (Å²) in [6.45, 7) is 0. The highest BCUT2D eigenvalue weighted by Crippen LogP contribution is 2.37. The molecule has 1 aliphatic rings. The topological polar surface area (TPSA) is 51.1 Å². The third kappa shape index (κ3) is 4.14. The molecule has 0 radical (unpaired) electrons. The maximum atomic E-state index is 12.7. The smallest absolute Gasteiger partial charge is 0.266 e. The van der Waals surface area contributed by atoms with Crippen molar-refractivity contribution in [2.75, 3.05) is 27.5 Å². The Labute approximate surface area is 167 Å². The molecule has 1 aliphatic heterocycles. The average molecular weight is 401 g/mol. The third-order valence-corrected chi connectivity index (χ3v) is 5.79. The lowest BCUT2D eigenvalue weighted by atomic mass is 10.1. The van der Waals surface area contributed by atoms with Crippen molar-refractivity contribution in [3.05, 3.63) is 52.9 Å². The summed E-state index contributed by atoms with van der Waals surface area (Å²) in [6.07, 6.45) is 3.83. The summed E-state index contributed by atoms with van der Waals surface area (Å²) in [6, 6.07) is 13.5. The number of thioether (sulfide) groups is 2. The number of methoxy groups -OCH3 is 2. The number of rotatable bonds is 5. The predicted molar refractivity (Wildman–Crippen MR) is 113 cm³/mol. The van der Waals surface area contributed by atoms with Crippen LogP contribution in [0.1, 0.15) is 5.56 Å². The molecular formula is C20H20N2O3S2. The van der Waals surface area contributed by atoms with Gasteiger partial charge in [0.1, 0.15) is 0 Å². The fraction of sp³-hybridized carbons (Fsp3) is 0.200. The maximum absolute atomic E-state index is 12.7. The van der Waals surface area contributed by atoms with Crippen LogP contribution in [0.3, 0.4) is 0 Å². The molecule has 0 aliphatic carbocycles. The van der Waals surface area contributed by atoms with Gasteiger partial charge in [0.05, 0.1) is 24.8 Å². The molecule has 2 aromatic rings. The number of hydrogen-bond donors (Lipinski definition) is 0. The standard InChI is InChI=1S/C20H20N2O3S2/c1-22-19(23)17(11-13-7-5-10-16(24-2)18(13)25-3)27-20(22)21-14-8-6-9-15(12-14)26-4/h5-12H,1-4H3/b17-11+,21-20?. The Morgan fingerprint density at radius 1 is 1.15 bits per heavy atom. The van der Waals surface area contributed by atoms with Gasteiger partial charge in [0.2, 0.25) is 0 Å². The monoisotopic (exact) mass is 400 g/mol. The van der Waals surface area contributed by atoms with E-state index in [1.54, 1.807) is 37.9 Å². The number of carbonyl (C=O) groups excluding carboxylic acids is 1. The first kappa shape index (κ1) is 19.4. The van der Waals surface area contributed by atoms with Crippen LogP contribution in [0.25, 0.3) is 6.08 Å². The number of aliphatic imine (C=N–C) groups is 1. The second-order valence-corrected chi connectivity index (χ2v) is 7.54. The van der Waals surface area contributed by atoms with Crippen LogP contribution in [0.15, 0.2) is 57.3 Å². The molecule has 0 atom stereocenters. The zero-order chi connectivity index (χ0) is 19.4. The van der Waals surface area contributed by atoms with Gasteiger partial charge in [0, 0.05) is 17.5 Å². The SMILES string of the molecule is COc1cccc(/C=C2/SC(=Nc3cccc(SC)c3)N(C)C2=O)c1OC. The number of para-hydroxylation sites is 1. The molecule has 1 saturated heterocycles. The molecule has 5 nitrogen and oxygen atoms in total. The van der Waals surface area contributed by atoms with Gasteiger partial charge in [-0.1, -0.05) is 18.2 Å². The largest absolute Gasteiger partial charge is 0.493 e. The van der Waals surface area contributed by atoms with E-state index in [0.717, 1.165) is 16.1 Å². The molecular weight excluding hydrogens is 380 g/mol. The van der Waals surface area contributed by atoms with E-state index in [1.165, 1.54) is 11.8 Å². The number of amides is 1. The number of likely N-dealkylation sites (N-methyl/N-ethyl adjacent to an activating group) is 1. The number of carbonyl (C=O) groups is 1. The summed E-state index contributed by atoms with van der Waals surface area (Å²) >= 11 is 3.01. The number of amidine groups is 1. The highest BCUT2D eigenvalue weighted by atomic mass is 32.2. The van der Waals surface area contributed by atoms with E-state index < -0.39 is 0 Å². The minimum absolute atomic E-state index is 0.0929. The van der Waals surface area contributed by atoms with Crippen LogP contribution in [-0.4, -0.2) is 43.5 Å². The van der Waals surface area contributed by atoms with Gasteiger partial charge in [-0.05, 0) is 48.4 Å². The quantitative estimate of drug-likeness (QED) is 0.540. The molecule has 0 spiro atoms. The van der Waals surface area contributed by atoms with Crippen molar-refractivity contribution in [1.29, 1.82) is 0 Å². The highest BCUT2D eigenvalue weighted by Gasteiger charge is 2.30. The molecule has 0 N–H and O–H groups in total. The van der Waals surface area contributed by atoms with Gasteiger partial charge in [-0.25, -0.2) is 4.99 Å². The lowest BCUT2D eigenvalue weighted by Gasteiger charge is -2.10. The van der Waals surface area contributed by atoms with E-state index in [4.69, 9.17) is 9.47 Å². The average Bonchev–Trinajstić information content (AvgIpc) is 2.95. The first-order chi connectivity index (χ1) is 13.1. The minimum atomic E-state index is -0.0929. The zero-order valence-corrected chi connectivity index (χ0v) is 17.2. The second kappa shape index (κ2) is 8.54. The molecule has 27 heavy (non-hydrogen) atoms. The Kier molecular flexibility index (Phi) is 6.13.